The highest BCUT2D eigenvalue weighted by Gasteiger charge is 2.13. The first-order valence-electron chi connectivity index (χ1n) is 6.09. The monoisotopic (exact) mass is 341 g/mol. The Kier molecular flexibility index (Phi) is 4.73. The second kappa shape index (κ2) is 6.33. The van der Waals surface area contributed by atoms with Crippen molar-refractivity contribution in [1.82, 2.24) is 0 Å². The van der Waals surface area contributed by atoms with E-state index in [2.05, 4.69) is 15.9 Å². The number of ether oxygens (including phenoxy) is 1. The Bertz CT molecular complexity index is 600. The van der Waals surface area contributed by atoms with Crippen molar-refractivity contribution in [3.8, 4) is 5.75 Å². The Morgan fingerprint density at radius 1 is 1.15 bits per heavy atom. The van der Waals surface area contributed by atoms with Crippen molar-refractivity contribution >= 4 is 15.9 Å². The summed E-state index contributed by atoms with van der Waals surface area (Å²) >= 11 is 3.02. The van der Waals surface area contributed by atoms with Crippen LogP contribution in [0.4, 0.5) is 8.78 Å². The van der Waals surface area contributed by atoms with E-state index in [-0.39, 0.29) is 22.7 Å². The molecule has 5 heteroatoms. The molecule has 0 radical (unpaired) electrons. The second-order valence-electron chi connectivity index (χ2n) is 4.47. The van der Waals surface area contributed by atoms with E-state index in [0.717, 1.165) is 5.56 Å². The van der Waals surface area contributed by atoms with Gasteiger partial charge in [-0.25, -0.2) is 8.78 Å². The van der Waals surface area contributed by atoms with Crippen LogP contribution in [0, 0.1) is 11.6 Å². The molecular weight excluding hydrogens is 328 g/mol. The third-order valence-electron chi connectivity index (χ3n) is 2.93. The Hall–Kier alpha value is -1.46. The summed E-state index contributed by atoms with van der Waals surface area (Å²) in [5, 5.41) is 0. The molecule has 20 heavy (non-hydrogen) atoms. The molecule has 0 spiro atoms. The molecule has 0 saturated carbocycles. The molecule has 0 aromatic heterocycles. The SMILES string of the molecule is C[C@@H](N)c1ccc(OCc2c(F)ccc(Br)c2F)cc1. The molecule has 1 atom stereocenters. The molecule has 2 N–H and O–H groups in total. The van der Waals surface area contributed by atoms with E-state index in [1.807, 2.05) is 19.1 Å². The maximum Gasteiger partial charge on any atom is 0.146 e. The van der Waals surface area contributed by atoms with Crippen molar-refractivity contribution in [2.45, 2.75) is 19.6 Å². The highest BCUT2D eigenvalue weighted by Crippen LogP contribution is 2.23. The van der Waals surface area contributed by atoms with E-state index in [1.165, 1.54) is 12.1 Å². The van der Waals surface area contributed by atoms with Gasteiger partial charge in [0.1, 0.15) is 24.0 Å². The fourth-order valence-corrected chi connectivity index (χ4v) is 2.10. The van der Waals surface area contributed by atoms with Crippen molar-refractivity contribution in [2.75, 3.05) is 0 Å². The molecule has 0 unspecified atom stereocenters. The minimum Gasteiger partial charge on any atom is -0.489 e. The van der Waals surface area contributed by atoms with Crippen LogP contribution in [-0.4, -0.2) is 0 Å². The predicted octanol–water partition coefficient (Wildman–Crippen LogP) is 4.33. The van der Waals surface area contributed by atoms with Crippen molar-refractivity contribution in [3.05, 3.63) is 63.6 Å². The van der Waals surface area contributed by atoms with E-state index in [0.29, 0.717) is 5.75 Å². The summed E-state index contributed by atoms with van der Waals surface area (Å²) in [6.45, 7) is 1.71. The molecule has 0 aliphatic rings. The number of rotatable bonds is 4. The molecule has 0 saturated heterocycles. The molecule has 2 rings (SSSR count). The van der Waals surface area contributed by atoms with Crippen LogP contribution in [0.25, 0.3) is 0 Å². The zero-order chi connectivity index (χ0) is 14.7. The van der Waals surface area contributed by atoms with Crippen LogP contribution in [0.3, 0.4) is 0 Å². The minimum atomic E-state index is -0.641. The quantitative estimate of drug-likeness (QED) is 0.840. The smallest absolute Gasteiger partial charge is 0.146 e. The van der Waals surface area contributed by atoms with Crippen molar-refractivity contribution in [3.63, 3.8) is 0 Å². The third kappa shape index (κ3) is 3.35. The van der Waals surface area contributed by atoms with Crippen LogP contribution in [0.5, 0.6) is 5.75 Å². The number of hydrogen-bond acceptors (Lipinski definition) is 2. The van der Waals surface area contributed by atoms with Gasteiger partial charge in [-0.3, -0.25) is 0 Å². The summed E-state index contributed by atoms with van der Waals surface area (Å²) in [6, 6.07) is 9.57. The van der Waals surface area contributed by atoms with Gasteiger partial charge >= 0.3 is 0 Å². The van der Waals surface area contributed by atoms with E-state index in [9.17, 15) is 8.78 Å². The van der Waals surface area contributed by atoms with Gasteiger partial charge in [0, 0.05) is 6.04 Å². The van der Waals surface area contributed by atoms with Crippen LogP contribution in [0.15, 0.2) is 40.9 Å². The lowest BCUT2D eigenvalue weighted by molar-refractivity contribution is 0.292. The van der Waals surface area contributed by atoms with Gasteiger partial charge in [-0.15, -0.1) is 0 Å². The second-order valence-corrected chi connectivity index (χ2v) is 5.32. The standard InChI is InChI=1S/C15H14BrF2NO/c1-9(19)10-2-4-11(5-3-10)20-8-12-14(17)7-6-13(16)15(12)18/h2-7,9H,8,19H2,1H3/t9-/m1/s1. The molecule has 0 amide bonds. The maximum atomic E-state index is 13.8. The lowest BCUT2D eigenvalue weighted by Gasteiger charge is -2.10. The van der Waals surface area contributed by atoms with Gasteiger partial charge in [0.2, 0.25) is 0 Å². The van der Waals surface area contributed by atoms with E-state index < -0.39 is 11.6 Å². The number of benzene rings is 2. The summed E-state index contributed by atoms with van der Waals surface area (Å²) in [5.74, 6) is -0.733. The van der Waals surface area contributed by atoms with Gasteiger partial charge in [0.25, 0.3) is 0 Å². The van der Waals surface area contributed by atoms with Crippen LogP contribution in [0.2, 0.25) is 0 Å². The molecular formula is C15H14BrF2NO. The Morgan fingerprint density at radius 2 is 1.80 bits per heavy atom. The van der Waals surface area contributed by atoms with E-state index >= 15 is 0 Å². The van der Waals surface area contributed by atoms with Gasteiger partial charge in [0.05, 0.1) is 10.0 Å². The minimum absolute atomic E-state index is 0.0657. The first kappa shape index (κ1) is 14.9. The average molecular weight is 342 g/mol. The zero-order valence-corrected chi connectivity index (χ0v) is 12.5. The van der Waals surface area contributed by atoms with Crippen LogP contribution >= 0.6 is 15.9 Å². The van der Waals surface area contributed by atoms with Gasteiger partial charge < -0.3 is 10.5 Å². The molecule has 0 fully saturated rings. The first-order chi connectivity index (χ1) is 9.49. The van der Waals surface area contributed by atoms with Crippen LogP contribution in [-0.2, 0) is 6.61 Å². The maximum absolute atomic E-state index is 13.8. The lowest BCUT2D eigenvalue weighted by atomic mass is 10.1. The predicted molar refractivity (Wildman–Crippen MR) is 77.4 cm³/mol. The fraction of sp³-hybridized carbons (Fsp3) is 0.200. The van der Waals surface area contributed by atoms with Gasteiger partial charge in [-0.2, -0.15) is 0 Å². The first-order valence-corrected chi connectivity index (χ1v) is 6.89. The molecule has 2 aromatic rings. The van der Waals surface area contributed by atoms with Gasteiger partial charge in [-0.1, -0.05) is 12.1 Å². The third-order valence-corrected chi connectivity index (χ3v) is 3.54. The van der Waals surface area contributed by atoms with Crippen LogP contribution in [0.1, 0.15) is 24.1 Å². The molecule has 0 heterocycles. The normalized spacial score (nSPS) is 12.2. The van der Waals surface area contributed by atoms with E-state index in [4.69, 9.17) is 10.5 Å². The summed E-state index contributed by atoms with van der Waals surface area (Å²) in [6.07, 6.45) is 0. The van der Waals surface area contributed by atoms with Gasteiger partial charge in [-0.05, 0) is 52.7 Å². The Labute approximate surface area is 124 Å². The molecule has 0 aliphatic heterocycles. The lowest BCUT2D eigenvalue weighted by Crippen LogP contribution is -2.05. The Morgan fingerprint density at radius 3 is 2.40 bits per heavy atom. The van der Waals surface area contributed by atoms with Crippen molar-refractivity contribution in [2.24, 2.45) is 5.73 Å². The molecule has 0 aliphatic carbocycles. The molecule has 2 aromatic carbocycles. The molecule has 106 valence electrons. The highest BCUT2D eigenvalue weighted by molar-refractivity contribution is 9.10. The molecule has 2 nitrogen and oxygen atoms in total. The summed E-state index contributed by atoms with van der Waals surface area (Å²) in [4.78, 5) is 0. The summed E-state index contributed by atoms with van der Waals surface area (Å²) in [5.41, 5.74) is 6.61. The van der Waals surface area contributed by atoms with Crippen molar-refractivity contribution < 1.29 is 13.5 Å². The zero-order valence-electron chi connectivity index (χ0n) is 10.9. The summed E-state index contributed by atoms with van der Waals surface area (Å²) < 4.78 is 32.9. The highest BCUT2D eigenvalue weighted by atomic mass is 79.9. The molecule has 0 bridgehead atoms. The van der Waals surface area contributed by atoms with Crippen LogP contribution < -0.4 is 10.5 Å². The average Bonchev–Trinajstić information content (AvgIpc) is 2.43. The number of hydrogen-bond donors (Lipinski definition) is 1. The summed E-state index contributed by atoms with van der Waals surface area (Å²) in [7, 11) is 0. The largest absolute Gasteiger partial charge is 0.489 e. The number of nitrogens with two attached hydrogens (primary N) is 1. The van der Waals surface area contributed by atoms with Gasteiger partial charge in [0.15, 0.2) is 0 Å². The topological polar surface area (TPSA) is 35.2 Å². The van der Waals surface area contributed by atoms with Crippen molar-refractivity contribution in [1.29, 1.82) is 0 Å². The number of halogens is 3. The fourth-order valence-electron chi connectivity index (χ4n) is 1.72. The Balaban J connectivity index is 2.11. The van der Waals surface area contributed by atoms with E-state index in [1.54, 1.807) is 12.1 Å².